The van der Waals surface area contributed by atoms with Crippen molar-refractivity contribution in [3.63, 3.8) is 0 Å². The number of sulfonamides is 1. The summed E-state index contributed by atoms with van der Waals surface area (Å²) in [6, 6.07) is 7.27. The van der Waals surface area contributed by atoms with Crippen molar-refractivity contribution in [1.29, 1.82) is 0 Å². The molecule has 0 saturated carbocycles. The fourth-order valence-electron chi connectivity index (χ4n) is 1.85. The number of nitrogens with two attached hydrogens (primary N) is 1. The Bertz CT molecular complexity index is 710. The molecule has 0 amide bonds. The first-order chi connectivity index (χ1) is 9.92. The summed E-state index contributed by atoms with van der Waals surface area (Å²) in [7, 11) is -3.64. The predicted molar refractivity (Wildman–Crippen MR) is 82.7 cm³/mol. The number of halogens is 1. The SMILES string of the molecule is CCn1cc(S(=O)(=O)NCCc2ccc(Cl)cc2)c(N)n1. The van der Waals surface area contributed by atoms with Crippen LogP contribution in [-0.4, -0.2) is 24.7 Å². The summed E-state index contributed by atoms with van der Waals surface area (Å²) in [6.45, 7) is 2.70. The van der Waals surface area contributed by atoms with Crippen LogP contribution in [0.25, 0.3) is 0 Å². The molecule has 21 heavy (non-hydrogen) atoms. The quantitative estimate of drug-likeness (QED) is 0.843. The van der Waals surface area contributed by atoms with E-state index in [2.05, 4.69) is 9.82 Å². The zero-order chi connectivity index (χ0) is 15.5. The van der Waals surface area contributed by atoms with Gasteiger partial charge in [-0.2, -0.15) is 5.10 Å². The van der Waals surface area contributed by atoms with Crippen LogP contribution >= 0.6 is 11.6 Å². The minimum absolute atomic E-state index is 0.0100. The molecule has 8 heteroatoms. The second-order valence-corrected chi connectivity index (χ2v) is 6.68. The van der Waals surface area contributed by atoms with E-state index in [0.29, 0.717) is 18.0 Å². The van der Waals surface area contributed by atoms with Crippen molar-refractivity contribution in [1.82, 2.24) is 14.5 Å². The van der Waals surface area contributed by atoms with E-state index in [0.717, 1.165) is 5.56 Å². The molecule has 0 radical (unpaired) electrons. The fourth-order valence-corrected chi connectivity index (χ4v) is 3.07. The minimum atomic E-state index is -3.64. The average molecular weight is 329 g/mol. The molecule has 0 spiro atoms. The molecule has 114 valence electrons. The third-order valence-corrected chi connectivity index (χ3v) is 4.72. The Balaban J connectivity index is 2.01. The normalized spacial score (nSPS) is 11.7. The second kappa shape index (κ2) is 6.46. The van der Waals surface area contributed by atoms with Gasteiger partial charge >= 0.3 is 0 Å². The highest BCUT2D eigenvalue weighted by Gasteiger charge is 2.20. The van der Waals surface area contributed by atoms with Crippen LogP contribution in [0.3, 0.4) is 0 Å². The van der Waals surface area contributed by atoms with Crippen LogP contribution in [0.4, 0.5) is 5.82 Å². The van der Waals surface area contributed by atoms with Gasteiger partial charge in [-0.3, -0.25) is 4.68 Å². The molecule has 0 atom stereocenters. The molecule has 0 aliphatic rings. The third-order valence-electron chi connectivity index (χ3n) is 2.99. The van der Waals surface area contributed by atoms with Crippen molar-refractivity contribution in [2.24, 2.45) is 0 Å². The number of hydrogen-bond donors (Lipinski definition) is 2. The summed E-state index contributed by atoms with van der Waals surface area (Å²) in [5.74, 6) is 0.0100. The highest BCUT2D eigenvalue weighted by molar-refractivity contribution is 7.89. The van der Waals surface area contributed by atoms with Crippen molar-refractivity contribution in [2.45, 2.75) is 24.8 Å². The van der Waals surface area contributed by atoms with Gasteiger partial charge in [0, 0.05) is 24.3 Å². The molecule has 0 bridgehead atoms. The maximum Gasteiger partial charge on any atom is 0.245 e. The third kappa shape index (κ3) is 3.96. The van der Waals surface area contributed by atoms with Gasteiger partial charge in [0.15, 0.2) is 5.82 Å². The van der Waals surface area contributed by atoms with Crippen molar-refractivity contribution >= 4 is 27.4 Å². The largest absolute Gasteiger partial charge is 0.381 e. The first-order valence-electron chi connectivity index (χ1n) is 6.49. The molecule has 3 N–H and O–H groups in total. The molecule has 6 nitrogen and oxygen atoms in total. The Morgan fingerprint density at radius 3 is 2.57 bits per heavy atom. The highest BCUT2D eigenvalue weighted by atomic mass is 35.5. The lowest BCUT2D eigenvalue weighted by Crippen LogP contribution is -2.26. The van der Waals surface area contributed by atoms with Crippen LogP contribution in [0.2, 0.25) is 5.02 Å². The molecular formula is C13H17ClN4O2S. The lowest BCUT2D eigenvalue weighted by atomic mass is 10.2. The number of aryl methyl sites for hydroxylation is 1. The van der Waals surface area contributed by atoms with E-state index >= 15 is 0 Å². The summed E-state index contributed by atoms with van der Waals surface area (Å²) >= 11 is 5.80. The Hall–Kier alpha value is -1.57. The van der Waals surface area contributed by atoms with Gasteiger partial charge in [0.2, 0.25) is 10.0 Å². The summed E-state index contributed by atoms with van der Waals surface area (Å²) in [5, 5.41) is 4.58. The first kappa shape index (κ1) is 15.8. The van der Waals surface area contributed by atoms with E-state index in [-0.39, 0.29) is 17.3 Å². The number of nitrogen functional groups attached to an aromatic ring is 1. The van der Waals surface area contributed by atoms with Crippen molar-refractivity contribution in [2.75, 3.05) is 12.3 Å². The molecule has 1 aromatic heterocycles. The maximum atomic E-state index is 12.2. The average Bonchev–Trinajstić information content (AvgIpc) is 2.83. The van der Waals surface area contributed by atoms with Gasteiger partial charge in [-0.25, -0.2) is 13.1 Å². The number of nitrogens with one attached hydrogen (secondary N) is 1. The number of benzene rings is 1. The lowest BCUT2D eigenvalue weighted by Gasteiger charge is -2.05. The van der Waals surface area contributed by atoms with Gasteiger partial charge in [-0.15, -0.1) is 0 Å². The summed E-state index contributed by atoms with van der Waals surface area (Å²) in [6.07, 6.45) is 2.00. The molecule has 0 unspecified atom stereocenters. The van der Waals surface area contributed by atoms with Crippen molar-refractivity contribution < 1.29 is 8.42 Å². The molecule has 2 rings (SSSR count). The standard InChI is InChI=1S/C13H17ClN4O2S/c1-2-18-9-12(13(15)17-18)21(19,20)16-8-7-10-3-5-11(14)6-4-10/h3-6,9,16H,2,7-8H2,1H3,(H2,15,17). The van der Waals surface area contributed by atoms with E-state index in [1.807, 2.05) is 19.1 Å². The van der Waals surface area contributed by atoms with E-state index in [4.69, 9.17) is 17.3 Å². The highest BCUT2D eigenvalue weighted by Crippen LogP contribution is 2.16. The van der Waals surface area contributed by atoms with Gasteiger partial charge in [0.05, 0.1) is 0 Å². The Labute approximate surface area is 129 Å². The zero-order valence-corrected chi connectivity index (χ0v) is 13.2. The van der Waals surface area contributed by atoms with Gasteiger partial charge in [-0.05, 0) is 31.0 Å². The smallest absolute Gasteiger partial charge is 0.245 e. The van der Waals surface area contributed by atoms with Gasteiger partial charge in [-0.1, -0.05) is 23.7 Å². The van der Waals surface area contributed by atoms with Gasteiger partial charge < -0.3 is 5.73 Å². The molecule has 0 aliphatic carbocycles. The minimum Gasteiger partial charge on any atom is -0.381 e. The first-order valence-corrected chi connectivity index (χ1v) is 8.35. The molecule has 1 heterocycles. The van der Waals surface area contributed by atoms with Crippen molar-refractivity contribution in [3.05, 3.63) is 41.0 Å². The number of nitrogens with zero attached hydrogens (tertiary/aromatic N) is 2. The second-order valence-electron chi connectivity index (χ2n) is 4.51. The van der Waals surface area contributed by atoms with Crippen LogP contribution in [0.15, 0.2) is 35.4 Å². The zero-order valence-electron chi connectivity index (χ0n) is 11.6. The fraction of sp³-hybridized carbons (Fsp3) is 0.308. The van der Waals surface area contributed by atoms with Crippen LogP contribution in [0.5, 0.6) is 0 Å². The predicted octanol–water partition coefficient (Wildman–Crippen LogP) is 1.66. The van der Waals surface area contributed by atoms with Crippen LogP contribution < -0.4 is 10.5 Å². The lowest BCUT2D eigenvalue weighted by molar-refractivity contribution is 0.581. The summed E-state index contributed by atoms with van der Waals surface area (Å²) < 4.78 is 28.3. The van der Waals surface area contributed by atoms with E-state index < -0.39 is 10.0 Å². The number of anilines is 1. The maximum absolute atomic E-state index is 12.2. The van der Waals surface area contributed by atoms with E-state index in [1.54, 1.807) is 12.1 Å². The monoisotopic (exact) mass is 328 g/mol. The number of hydrogen-bond acceptors (Lipinski definition) is 4. The van der Waals surface area contributed by atoms with E-state index in [9.17, 15) is 8.42 Å². The topological polar surface area (TPSA) is 90.0 Å². The molecule has 0 saturated heterocycles. The molecule has 1 aromatic carbocycles. The summed E-state index contributed by atoms with van der Waals surface area (Å²) in [5.41, 5.74) is 6.64. The Morgan fingerprint density at radius 2 is 2.00 bits per heavy atom. The van der Waals surface area contributed by atoms with Crippen LogP contribution in [-0.2, 0) is 23.0 Å². The molecular weight excluding hydrogens is 312 g/mol. The van der Waals surface area contributed by atoms with Crippen LogP contribution in [0, 0.1) is 0 Å². The van der Waals surface area contributed by atoms with Gasteiger partial charge in [0.25, 0.3) is 0 Å². The number of rotatable bonds is 6. The van der Waals surface area contributed by atoms with Gasteiger partial charge in [0.1, 0.15) is 4.90 Å². The molecule has 0 fully saturated rings. The summed E-state index contributed by atoms with van der Waals surface area (Å²) in [4.78, 5) is 0.0143. The van der Waals surface area contributed by atoms with Crippen molar-refractivity contribution in [3.8, 4) is 0 Å². The number of aromatic nitrogens is 2. The van der Waals surface area contributed by atoms with Crippen LogP contribution in [0.1, 0.15) is 12.5 Å². The molecule has 0 aliphatic heterocycles. The Morgan fingerprint density at radius 1 is 1.33 bits per heavy atom. The van der Waals surface area contributed by atoms with E-state index in [1.165, 1.54) is 10.9 Å². The molecule has 2 aromatic rings. The Kier molecular flexibility index (Phi) is 4.87.